The van der Waals surface area contributed by atoms with Crippen LogP contribution in [0.5, 0.6) is 0 Å². The van der Waals surface area contributed by atoms with Crippen LogP contribution in [0.25, 0.3) is 11.6 Å². The summed E-state index contributed by atoms with van der Waals surface area (Å²) in [4.78, 5) is 10.1. The van der Waals surface area contributed by atoms with Crippen LogP contribution in [-0.4, -0.2) is 4.92 Å². The van der Waals surface area contributed by atoms with Crippen LogP contribution in [0.4, 0.5) is 5.69 Å². The van der Waals surface area contributed by atoms with Gasteiger partial charge in [0.05, 0.1) is 16.6 Å². The molecule has 2 aromatic carbocycles. The van der Waals surface area contributed by atoms with Crippen molar-refractivity contribution in [2.24, 2.45) is 0 Å². The third-order valence-electron chi connectivity index (χ3n) is 2.86. The molecule has 0 aromatic heterocycles. The van der Waals surface area contributed by atoms with Gasteiger partial charge in [-0.3, -0.25) is 10.1 Å². The monoisotopic (exact) mass is 264 g/mol. The molecular formula is C16H12N2O2. The quantitative estimate of drug-likeness (QED) is 0.364. The molecule has 0 spiro atoms. The summed E-state index contributed by atoms with van der Waals surface area (Å²) >= 11 is 0. The molecule has 0 aliphatic carbocycles. The maximum atomic E-state index is 10.6. The van der Waals surface area contributed by atoms with Crippen LogP contribution in [0, 0.1) is 28.4 Å². The van der Waals surface area contributed by atoms with Crippen LogP contribution in [0.2, 0.25) is 0 Å². The van der Waals surface area contributed by atoms with Gasteiger partial charge in [0.1, 0.15) is 0 Å². The maximum absolute atomic E-state index is 10.6. The zero-order valence-electron chi connectivity index (χ0n) is 10.9. The number of benzene rings is 2. The van der Waals surface area contributed by atoms with Crippen molar-refractivity contribution in [1.82, 2.24) is 0 Å². The number of hydrogen-bond donors (Lipinski definition) is 0. The molecule has 0 unspecified atom stereocenters. The molecule has 0 bridgehead atoms. The Kier molecular flexibility index (Phi) is 3.92. The summed E-state index contributed by atoms with van der Waals surface area (Å²) in [5.74, 6) is 0. The number of non-ortho nitro benzene ring substituents is 1. The van der Waals surface area contributed by atoms with E-state index in [1.165, 1.54) is 12.1 Å². The number of rotatable bonds is 3. The summed E-state index contributed by atoms with van der Waals surface area (Å²) in [6.07, 6.45) is 1.72. The fraction of sp³-hybridized carbons (Fsp3) is 0.0625. The lowest BCUT2D eigenvalue weighted by molar-refractivity contribution is -0.384. The Bertz CT molecular complexity index is 710. The molecule has 0 aliphatic heterocycles. The van der Waals surface area contributed by atoms with Crippen LogP contribution < -0.4 is 0 Å². The Hall–Kier alpha value is -2.93. The Morgan fingerprint density at radius 2 is 1.95 bits per heavy atom. The first-order valence-electron chi connectivity index (χ1n) is 6.03. The molecular weight excluding hydrogens is 252 g/mol. The first kappa shape index (κ1) is 13.5. The van der Waals surface area contributed by atoms with E-state index in [2.05, 4.69) is 6.07 Å². The highest BCUT2D eigenvalue weighted by molar-refractivity contribution is 5.89. The molecule has 20 heavy (non-hydrogen) atoms. The molecule has 0 heterocycles. The molecule has 0 fully saturated rings. The van der Waals surface area contributed by atoms with Crippen molar-refractivity contribution >= 4 is 17.3 Å². The smallest absolute Gasteiger partial charge is 0.258 e. The van der Waals surface area contributed by atoms with Crippen molar-refractivity contribution in [3.63, 3.8) is 0 Å². The fourth-order valence-electron chi connectivity index (χ4n) is 1.85. The van der Waals surface area contributed by atoms with E-state index in [0.717, 1.165) is 16.7 Å². The minimum absolute atomic E-state index is 0.0382. The van der Waals surface area contributed by atoms with Gasteiger partial charge in [-0.1, -0.05) is 29.8 Å². The molecule has 0 saturated carbocycles. The van der Waals surface area contributed by atoms with E-state index in [1.54, 1.807) is 18.2 Å². The molecule has 0 amide bonds. The second-order valence-corrected chi connectivity index (χ2v) is 4.39. The second kappa shape index (κ2) is 5.81. The highest BCUT2D eigenvalue weighted by atomic mass is 16.6. The van der Waals surface area contributed by atoms with Gasteiger partial charge in [-0.2, -0.15) is 5.26 Å². The maximum Gasteiger partial charge on any atom is 0.269 e. The first-order chi connectivity index (χ1) is 9.60. The van der Waals surface area contributed by atoms with E-state index in [4.69, 9.17) is 0 Å². The van der Waals surface area contributed by atoms with Gasteiger partial charge >= 0.3 is 0 Å². The molecule has 98 valence electrons. The number of nitro groups is 1. The normalized spacial score (nSPS) is 10.9. The van der Waals surface area contributed by atoms with Gasteiger partial charge in [0.2, 0.25) is 0 Å². The standard InChI is InChI=1S/C16H12N2O2/c1-12-3-2-4-14(9-12)15(11-17)10-13-5-7-16(8-6-13)18(19)20/h2-10H,1H3/b15-10-. The van der Waals surface area contributed by atoms with Gasteiger partial charge in [0, 0.05) is 12.1 Å². The van der Waals surface area contributed by atoms with E-state index in [-0.39, 0.29) is 5.69 Å². The summed E-state index contributed by atoms with van der Waals surface area (Å²) < 4.78 is 0. The largest absolute Gasteiger partial charge is 0.269 e. The molecule has 0 aliphatic rings. The third-order valence-corrected chi connectivity index (χ3v) is 2.86. The zero-order chi connectivity index (χ0) is 14.5. The van der Waals surface area contributed by atoms with Crippen LogP contribution in [-0.2, 0) is 0 Å². The minimum atomic E-state index is -0.445. The van der Waals surface area contributed by atoms with Crippen LogP contribution in [0.15, 0.2) is 48.5 Å². The Balaban J connectivity index is 2.37. The predicted molar refractivity (Wildman–Crippen MR) is 77.8 cm³/mol. The molecule has 2 aromatic rings. The van der Waals surface area contributed by atoms with Crippen LogP contribution >= 0.6 is 0 Å². The fourth-order valence-corrected chi connectivity index (χ4v) is 1.85. The molecule has 2 rings (SSSR count). The third kappa shape index (κ3) is 3.09. The lowest BCUT2D eigenvalue weighted by Crippen LogP contribution is -1.87. The van der Waals surface area contributed by atoms with E-state index >= 15 is 0 Å². The average molecular weight is 264 g/mol. The Morgan fingerprint density at radius 1 is 1.25 bits per heavy atom. The van der Waals surface area contributed by atoms with Gasteiger partial charge in [0.15, 0.2) is 0 Å². The summed E-state index contributed by atoms with van der Waals surface area (Å²) in [6.45, 7) is 1.96. The van der Waals surface area contributed by atoms with Crippen molar-refractivity contribution in [2.45, 2.75) is 6.92 Å². The number of nitrogens with zero attached hydrogens (tertiary/aromatic N) is 2. The molecule has 4 heteroatoms. The SMILES string of the molecule is Cc1cccc(/C(C#N)=C\c2ccc([N+](=O)[O-])cc2)c1. The van der Waals surface area contributed by atoms with Crippen LogP contribution in [0.1, 0.15) is 16.7 Å². The lowest BCUT2D eigenvalue weighted by atomic mass is 10.0. The van der Waals surface area contributed by atoms with Crippen molar-refractivity contribution < 1.29 is 4.92 Å². The van der Waals surface area contributed by atoms with Crippen LogP contribution in [0.3, 0.4) is 0 Å². The van der Waals surface area contributed by atoms with Gasteiger partial charge in [-0.05, 0) is 36.3 Å². The predicted octanol–water partition coefficient (Wildman–Crippen LogP) is 3.97. The summed E-state index contributed by atoms with van der Waals surface area (Å²) in [5, 5.41) is 19.8. The highest BCUT2D eigenvalue weighted by Gasteiger charge is 2.05. The van der Waals surface area contributed by atoms with Gasteiger partial charge in [0.25, 0.3) is 5.69 Å². The highest BCUT2D eigenvalue weighted by Crippen LogP contribution is 2.20. The number of nitriles is 1. The minimum Gasteiger partial charge on any atom is -0.258 e. The van der Waals surface area contributed by atoms with Crippen molar-refractivity contribution in [3.8, 4) is 6.07 Å². The molecule has 4 nitrogen and oxygen atoms in total. The van der Waals surface area contributed by atoms with Gasteiger partial charge in [-0.25, -0.2) is 0 Å². The molecule has 0 radical (unpaired) electrons. The molecule has 0 N–H and O–H groups in total. The first-order valence-corrected chi connectivity index (χ1v) is 6.03. The van der Waals surface area contributed by atoms with Crippen molar-refractivity contribution in [1.29, 1.82) is 5.26 Å². The van der Waals surface area contributed by atoms with Crippen molar-refractivity contribution in [3.05, 3.63) is 75.3 Å². The van der Waals surface area contributed by atoms with E-state index < -0.39 is 4.92 Å². The number of aryl methyl sites for hydroxylation is 1. The summed E-state index contributed by atoms with van der Waals surface area (Å²) in [7, 11) is 0. The Labute approximate surface area is 116 Å². The summed E-state index contributed by atoms with van der Waals surface area (Å²) in [5.41, 5.74) is 3.24. The second-order valence-electron chi connectivity index (χ2n) is 4.39. The van der Waals surface area contributed by atoms with Gasteiger partial charge in [-0.15, -0.1) is 0 Å². The Morgan fingerprint density at radius 3 is 2.50 bits per heavy atom. The summed E-state index contributed by atoms with van der Waals surface area (Å²) in [6, 6.07) is 15.9. The molecule has 0 saturated heterocycles. The van der Waals surface area contributed by atoms with E-state index in [0.29, 0.717) is 5.57 Å². The average Bonchev–Trinajstić information content (AvgIpc) is 2.45. The number of allylic oxidation sites excluding steroid dienone is 1. The topological polar surface area (TPSA) is 66.9 Å². The van der Waals surface area contributed by atoms with Gasteiger partial charge < -0.3 is 0 Å². The van der Waals surface area contributed by atoms with E-state index in [1.807, 2.05) is 31.2 Å². The van der Waals surface area contributed by atoms with Crippen molar-refractivity contribution in [2.75, 3.05) is 0 Å². The lowest BCUT2D eigenvalue weighted by Gasteiger charge is -2.01. The molecule has 0 atom stereocenters. The zero-order valence-corrected chi connectivity index (χ0v) is 10.9. The number of nitro benzene ring substituents is 1. The number of hydrogen-bond acceptors (Lipinski definition) is 3. The van der Waals surface area contributed by atoms with E-state index in [9.17, 15) is 15.4 Å².